The van der Waals surface area contributed by atoms with Crippen molar-refractivity contribution >= 4 is 22.4 Å². The van der Waals surface area contributed by atoms with Crippen LogP contribution in [0.1, 0.15) is 31.9 Å². The van der Waals surface area contributed by atoms with Crippen molar-refractivity contribution in [3.63, 3.8) is 0 Å². The van der Waals surface area contributed by atoms with Crippen LogP contribution < -0.4 is 5.73 Å². The fourth-order valence-corrected chi connectivity index (χ4v) is 1.82. The second-order valence-electron chi connectivity index (χ2n) is 2.82. The van der Waals surface area contributed by atoms with Gasteiger partial charge in [-0.15, -0.1) is 11.3 Å². The largest absolute Gasteiger partial charge is 0.465 e. The molecule has 1 atom stereocenters. The van der Waals surface area contributed by atoms with Crippen LogP contribution in [0, 0.1) is 0 Å². The van der Waals surface area contributed by atoms with Crippen molar-refractivity contribution in [2.75, 3.05) is 12.3 Å². The number of hydrogen-bond acceptors (Lipinski definition) is 5. The molecule has 4 nitrogen and oxygen atoms in total. The molecular weight excluding hydrogens is 200 g/mol. The summed E-state index contributed by atoms with van der Waals surface area (Å²) in [7, 11) is 0. The van der Waals surface area contributed by atoms with Gasteiger partial charge in [0.15, 0.2) is 5.13 Å². The molecule has 14 heavy (non-hydrogen) atoms. The number of aromatic nitrogens is 1. The first-order valence-corrected chi connectivity index (χ1v) is 5.44. The highest BCUT2D eigenvalue weighted by Gasteiger charge is 2.22. The number of thiazole rings is 1. The molecule has 0 saturated heterocycles. The van der Waals surface area contributed by atoms with Crippen molar-refractivity contribution in [3.8, 4) is 0 Å². The number of carbonyl (C=O) groups excluding carboxylic acids is 1. The fourth-order valence-electron chi connectivity index (χ4n) is 1.20. The number of nitrogen functional groups attached to an aromatic ring is 1. The van der Waals surface area contributed by atoms with E-state index in [-0.39, 0.29) is 11.9 Å². The Bertz CT molecular complexity index is 312. The molecule has 1 aromatic rings. The molecule has 0 aliphatic rings. The lowest BCUT2D eigenvalue weighted by Crippen LogP contribution is -2.15. The summed E-state index contributed by atoms with van der Waals surface area (Å²) in [4.78, 5) is 15.6. The lowest BCUT2D eigenvalue weighted by Gasteiger charge is -2.10. The lowest BCUT2D eigenvalue weighted by molar-refractivity contribution is -0.145. The Morgan fingerprint density at radius 3 is 2.86 bits per heavy atom. The SMILES string of the molecule is CCOC(=O)[C@@H](CC)c1csc(N)n1. The number of rotatable bonds is 4. The van der Waals surface area contributed by atoms with E-state index in [1.165, 1.54) is 11.3 Å². The van der Waals surface area contributed by atoms with Crippen LogP contribution in [0.2, 0.25) is 0 Å². The van der Waals surface area contributed by atoms with Crippen LogP contribution in [0.3, 0.4) is 0 Å². The van der Waals surface area contributed by atoms with E-state index in [1.54, 1.807) is 12.3 Å². The Hall–Kier alpha value is -1.10. The molecule has 0 unspecified atom stereocenters. The average molecular weight is 214 g/mol. The standard InChI is InChI=1S/C9H14N2O2S/c1-3-6(8(12)13-4-2)7-5-14-9(10)11-7/h5-6H,3-4H2,1-2H3,(H2,10,11)/t6-/m0/s1. The van der Waals surface area contributed by atoms with E-state index < -0.39 is 0 Å². The molecule has 1 rings (SSSR count). The third-order valence-electron chi connectivity index (χ3n) is 1.88. The van der Waals surface area contributed by atoms with Crippen LogP contribution in [0.15, 0.2) is 5.38 Å². The highest BCUT2D eigenvalue weighted by Crippen LogP contribution is 2.23. The third-order valence-corrected chi connectivity index (χ3v) is 2.57. The van der Waals surface area contributed by atoms with Gasteiger partial charge in [0.25, 0.3) is 0 Å². The summed E-state index contributed by atoms with van der Waals surface area (Å²) in [5.74, 6) is -0.496. The van der Waals surface area contributed by atoms with Crippen LogP contribution in [-0.4, -0.2) is 17.6 Å². The minimum Gasteiger partial charge on any atom is -0.465 e. The predicted octanol–water partition coefficient (Wildman–Crippen LogP) is 1.78. The van der Waals surface area contributed by atoms with Crippen molar-refractivity contribution in [3.05, 3.63) is 11.1 Å². The van der Waals surface area contributed by atoms with Gasteiger partial charge in [-0.05, 0) is 13.3 Å². The van der Waals surface area contributed by atoms with E-state index in [4.69, 9.17) is 10.5 Å². The Morgan fingerprint density at radius 1 is 1.71 bits per heavy atom. The van der Waals surface area contributed by atoms with Crippen molar-refractivity contribution in [1.29, 1.82) is 0 Å². The number of hydrogen-bond donors (Lipinski definition) is 1. The summed E-state index contributed by atoms with van der Waals surface area (Å²) in [6, 6.07) is 0. The zero-order chi connectivity index (χ0) is 10.6. The summed E-state index contributed by atoms with van der Waals surface area (Å²) in [6.07, 6.45) is 0.683. The predicted molar refractivity (Wildman–Crippen MR) is 56.2 cm³/mol. The van der Waals surface area contributed by atoms with E-state index in [1.807, 2.05) is 6.92 Å². The zero-order valence-corrected chi connectivity index (χ0v) is 9.13. The molecule has 0 fully saturated rings. The minimum absolute atomic E-state index is 0.222. The maximum atomic E-state index is 11.5. The highest BCUT2D eigenvalue weighted by atomic mass is 32.1. The summed E-state index contributed by atoms with van der Waals surface area (Å²) in [5.41, 5.74) is 6.22. The van der Waals surface area contributed by atoms with Gasteiger partial charge in [0.1, 0.15) is 0 Å². The third kappa shape index (κ3) is 2.45. The first kappa shape index (κ1) is 11.0. The van der Waals surface area contributed by atoms with E-state index >= 15 is 0 Å². The van der Waals surface area contributed by atoms with Crippen molar-refractivity contribution in [2.45, 2.75) is 26.2 Å². The number of esters is 1. The Labute approximate surface area is 87.1 Å². The molecule has 2 N–H and O–H groups in total. The maximum absolute atomic E-state index is 11.5. The summed E-state index contributed by atoms with van der Waals surface area (Å²) in [6.45, 7) is 4.12. The van der Waals surface area contributed by atoms with Gasteiger partial charge < -0.3 is 10.5 Å². The molecule has 0 spiro atoms. The smallest absolute Gasteiger partial charge is 0.315 e. The van der Waals surface area contributed by atoms with Crippen molar-refractivity contribution < 1.29 is 9.53 Å². The molecule has 5 heteroatoms. The molecule has 0 aliphatic carbocycles. The highest BCUT2D eigenvalue weighted by molar-refractivity contribution is 7.13. The molecule has 0 bridgehead atoms. The zero-order valence-electron chi connectivity index (χ0n) is 8.32. The van der Waals surface area contributed by atoms with Gasteiger partial charge in [-0.1, -0.05) is 6.92 Å². The molecule has 0 radical (unpaired) electrons. The van der Waals surface area contributed by atoms with Gasteiger partial charge in [-0.2, -0.15) is 0 Å². The van der Waals surface area contributed by atoms with Gasteiger partial charge >= 0.3 is 5.97 Å². The van der Waals surface area contributed by atoms with Crippen LogP contribution >= 0.6 is 11.3 Å². The second kappa shape index (κ2) is 4.95. The molecular formula is C9H14N2O2S. The van der Waals surface area contributed by atoms with Gasteiger partial charge in [-0.25, -0.2) is 4.98 Å². The van der Waals surface area contributed by atoms with Gasteiger partial charge in [-0.3, -0.25) is 4.79 Å². The molecule has 0 saturated carbocycles. The normalized spacial score (nSPS) is 12.4. The number of ether oxygens (including phenoxy) is 1. The number of nitrogens with two attached hydrogens (primary N) is 1. The second-order valence-corrected chi connectivity index (χ2v) is 3.71. The van der Waals surface area contributed by atoms with Gasteiger partial charge in [0.2, 0.25) is 0 Å². The maximum Gasteiger partial charge on any atom is 0.315 e. The van der Waals surface area contributed by atoms with Gasteiger partial charge in [0, 0.05) is 5.38 Å². The topological polar surface area (TPSA) is 65.2 Å². The van der Waals surface area contributed by atoms with Crippen LogP contribution in [0.25, 0.3) is 0 Å². The minimum atomic E-state index is -0.275. The summed E-state index contributed by atoms with van der Waals surface area (Å²) < 4.78 is 4.94. The Balaban J connectivity index is 2.76. The molecule has 1 aromatic heterocycles. The molecule has 0 amide bonds. The van der Waals surface area contributed by atoms with E-state index in [0.717, 1.165) is 0 Å². The van der Waals surface area contributed by atoms with Crippen molar-refractivity contribution in [2.24, 2.45) is 0 Å². The number of carbonyl (C=O) groups is 1. The number of anilines is 1. The first-order valence-electron chi connectivity index (χ1n) is 4.56. The van der Waals surface area contributed by atoms with Crippen molar-refractivity contribution in [1.82, 2.24) is 4.98 Å². The first-order chi connectivity index (χ1) is 6.69. The monoisotopic (exact) mass is 214 g/mol. The number of nitrogens with zero attached hydrogens (tertiary/aromatic N) is 1. The molecule has 0 aliphatic heterocycles. The van der Waals surface area contributed by atoms with Crippen LogP contribution in [0.4, 0.5) is 5.13 Å². The lowest BCUT2D eigenvalue weighted by atomic mass is 10.0. The summed E-state index contributed by atoms with van der Waals surface area (Å²) >= 11 is 1.34. The van der Waals surface area contributed by atoms with E-state index in [9.17, 15) is 4.79 Å². The van der Waals surface area contributed by atoms with E-state index in [2.05, 4.69) is 4.98 Å². The van der Waals surface area contributed by atoms with Gasteiger partial charge in [0.05, 0.1) is 18.2 Å². The van der Waals surface area contributed by atoms with Crippen LogP contribution in [0.5, 0.6) is 0 Å². The Morgan fingerprint density at radius 2 is 2.43 bits per heavy atom. The molecule has 1 heterocycles. The van der Waals surface area contributed by atoms with E-state index in [0.29, 0.717) is 23.9 Å². The Kier molecular flexibility index (Phi) is 3.88. The van der Waals surface area contributed by atoms with Crippen LogP contribution in [-0.2, 0) is 9.53 Å². The summed E-state index contributed by atoms with van der Waals surface area (Å²) in [5, 5.41) is 2.29. The fraction of sp³-hybridized carbons (Fsp3) is 0.556. The molecule has 0 aromatic carbocycles. The average Bonchev–Trinajstić information content (AvgIpc) is 2.54. The molecule has 78 valence electrons. The quantitative estimate of drug-likeness (QED) is 0.776.